The molecule has 0 amide bonds. The Morgan fingerprint density at radius 1 is 1.40 bits per heavy atom. The second kappa shape index (κ2) is 4.75. The molecular formula is C11H20N4. The molecule has 4 nitrogen and oxygen atoms in total. The Labute approximate surface area is 91.3 Å². The van der Waals surface area contributed by atoms with Gasteiger partial charge in [0.2, 0.25) is 0 Å². The van der Waals surface area contributed by atoms with Crippen LogP contribution in [0, 0.1) is 0 Å². The first kappa shape index (κ1) is 10.6. The SMILES string of the molecule is CCCN1CCC(c2ncnn2C)CC1. The largest absolute Gasteiger partial charge is 0.303 e. The first-order chi connectivity index (χ1) is 7.31. The van der Waals surface area contributed by atoms with Crippen molar-refractivity contribution < 1.29 is 0 Å². The molecular weight excluding hydrogens is 188 g/mol. The Hall–Kier alpha value is -0.900. The first-order valence-corrected chi connectivity index (χ1v) is 5.87. The summed E-state index contributed by atoms with van der Waals surface area (Å²) in [7, 11) is 1.99. The molecule has 1 saturated heterocycles. The lowest BCUT2D eigenvalue weighted by Crippen LogP contribution is -2.34. The molecule has 0 N–H and O–H groups in total. The molecule has 0 aromatic carbocycles. The van der Waals surface area contributed by atoms with Gasteiger partial charge >= 0.3 is 0 Å². The van der Waals surface area contributed by atoms with Crippen molar-refractivity contribution in [1.82, 2.24) is 19.7 Å². The van der Waals surface area contributed by atoms with Crippen molar-refractivity contribution >= 4 is 0 Å². The van der Waals surface area contributed by atoms with Crippen LogP contribution >= 0.6 is 0 Å². The highest BCUT2D eigenvalue weighted by Gasteiger charge is 2.22. The van der Waals surface area contributed by atoms with Crippen LogP contribution < -0.4 is 0 Å². The summed E-state index contributed by atoms with van der Waals surface area (Å²) in [5.41, 5.74) is 0. The predicted octanol–water partition coefficient (Wildman–Crippen LogP) is 1.40. The van der Waals surface area contributed by atoms with E-state index in [4.69, 9.17) is 0 Å². The van der Waals surface area contributed by atoms with Crippen molar-refractivity contribution in [1.29, 1.82) is 0 Å². The molecule has 0 atom stereocenters. The van der Waals surface area contributed by atoms with E-state index in [-0.39, 0.29) is 0 Å². The van der Waals surface area contributed by atoms with E-state index < -0.39 is 0 Å². The van der Waals surface area contributed by atoms with Crippen LogP contribution in [0.4, 0.5) is 0 Å². The Morgan fingerprint density at radius 3 is 2.67 bits per heavy atom. The molecule has 0 saturated carbocycles. The van der Waals surface area contributed by atoms with Gasteiger partial charge in [0.15, 0.2) is 0 Å². The van der Waals surface area contributed by atoms with Crippen molar-refractivity contribution in [3.63, 3.8) is 0 Å². The molecule has 0 bridgehead atoms. The summed E-state index contributed by atoms with van der Waals surface area (Å²) in [5, 5.41) is 4.14. The highest BCUT2D eigenvalue weighted by molar-refractivity contribution is 4.97. The smallest absolute Gasteiger partial charge is 0.138 e. The molecule has 2 rings (SSSR count). The van der Waals surface area contributed by atoms with E-state index in [2.05, 4.69) is 21.9 Å². The van der Waals surface area contributed by atoms with Gasteiger partial charge < -0.3 is 4.90 Å². The van der Waals surface area contributed by atoms with Crippen molar-refractivity contribution in [2.24, 2.45) is 7.05 Å². The second-order valence-corrected chi connectivity index (χ2v) is 4.36. The number of aryl methyl sites for hydroxylation is 1. The van der Waals surface area contributed by atoms with Gasteiger partial charge in [-0.05, 0) is 38.9 Å². The number of nitrogens with zero attached hydrogens (tertiary/aromatic N) is 4. The minimum absolute atomic E-state index is 0.616. The third kappa shape index (κ3) is 2.37. The number of aromatic nitrogens is 3. The minimum atomic E-state index is 0.616. The van der Waals surface area contributed by atoms with Crippen molar-refractivity contribution in [3.05, 3.63) is 12.2 Å². The highest BCUT2D eigenvalue weighted by atomic mass is 15.3. The Bertz CT molecular complexity index is 299. The molecule has 1 aromatic rings. The van der Waals surface area contributed by atoms with Gasteiger partial charge in [-0.25, -0.2) is 4.98 Å². The summed E-state index contributed by atoms with van der Waals surface area (Å²) < 4.78 is 1.92. The van der Waals surface area contributed by atoms with Crippen LogP contribution in [-0.4, -0.2) is 39.3 Å². The van der Waals surface area contributed by atoms with Gasteiger partial charge in [0.25, 0.3) is 0 Å². The fourth-order valence-corrected chi connectivity index (χ4v) is 2.41. The molecule has 1 aliphatic rings. The average Bonchev–Trinajstić information content (AvgIpc) is 2.66. The molecule has 2 heterocycles. The molecule has 1 aliphatic heterocycles. The van der Waals surface area contributed by atoms with Crippen molar-refractivity contribution in [2.75, 3.05) is 19.6 Å². The monoisotopic (exact) mass is 208 g/mol. The lowest BCUT2D eigenvalue weighted by atomic mass is 9.96. The van der Waals surface area contributed by atoms with Crippen LogP contribution in [0.5, 0.6) is 0 Å². The van der Waals surface area contributed by atoms with E-state index in [9.17, 15) is 0 Å². The number of hydrogen-bond donors (Lipinski definition) is 0. The topological polar surface area (TPSA) is 34.0 Å². The van der Waals surface area contributed by atoms with E-state index in [1.54, 1.807) is 6.33 Å². The zero-order valence-corrected chi connectivity index (χ0v) is 9.69. The molecule has 84 valence electrons. The molecule has 15 heavy (non-hydrogen) atoms. The zero-order chi connectivity index (χ0) is 10.7. The van der Waals surface area contributed by atoms with Crippen LogP contribution in [0.25, 0.3) is 0 Å². The number of piperidine rings is 1. The Balaban J connectivity index is 1.91. The molecule has 0 unspecified atom stereocenters. The summed E-state index contributed by atoms with van der Waals surface area (Å²) in [6.07, 6.45) is 5.38. The quantitative estimate of drug-likeness (QED) is 0.753. The Morgan fingerprint density at radius 2 is 2.13 bits per heavy atom. The molecule has 0 aliphatic carbocycles. The van der Waals surface area contributed by atoms with Gasteiger partial charge in [-0.1, -0.05) is 6.92 Å². The van der Waals surface area contributed by atoms with Crippen LogP contribution in [0.2, 0.25) is 0 Å². The lowest BCUT2D eigenvalue weighted by Gasteiger charge is -2.30. The lowest BCUT2D eigenvalue weighted by molar-refractivity contribution is 0.208. The molecule has 1 fully saturated rings. The first-order valence-electron chi connectivity index (χ1n) is 5.87. The van der Waals surface area contributed by atoms with Crippen LogP contribution in [0.1, 0.15) is 37.9 Å². The second-order valence-electron chi connectivity index (χ2n) is 4.36. The Kier molecular flexibility index (Phi) is 3.36. The van der Waals surface area contributed by atoms with Crippen LogP contribution in [0.3, 0.4) is 0 Å². The standard InChI is InChI=1S/C11H20N4/c1-3-6-15-7-4-10(5-8-15)11-12-9-13-14(11)2/h9-10H,3-8H2,1-2H3. The van der Waals surface area contributed by atoms with E-state index in [0.717, 1.165) is 5.82 Å². The summed E-state index contributed by atoms with van der Waals surface area (Å²) in [4.78, 5) is 6.89. The van der Waals surface area contributed by atoms with E-state index in [1.807, 2.05) is 11.7 Å². The maximum absolute atomic E-state index is 4.34. The van der Waals surface area contributed by atoms with Crippen LogP contribution in [-0.2, 0) is 7.05 Å². The van der Waals surface area contributed by atoms with Gasteiger partial charge in [0, 0.05) is 13.0 Å². The maximum atomic E-state index is 4.34. The molecule has 0 radical (unpaired) electrons. The van der Waals surface area contributed by atoms with Gasteiger partial charge in [0.1, 0.15) is 12.2 Å². The number of hydrogen-bond acceptors (Lipinski definition) is 3. The zero-order valence-electron chi connectivity index (χ0n) is 9.69. The van der Waals surface area contributed by atoms with E-state index in [0.29, 0.717) is 5.92 Å². The highest BCUT2D eigenvalue weighted by Crippen LogP contribution is 2.25. The van der Waals surface area contributed by atoms with Crippen molar-refractivity contribution in [3.8, 4) is 0 Å². The predicted molar refractivity (Wildman–Crippen MR) is 59.7 cm³/mol. The summed E-state index contributed by atoms with van der Waals surface area (Å²) in [6, 6.07) is 0. The average molecular weight is 208 g/mol. The molecule has 4 heteroatoms. The van der Waals surface area contributed by atoms with Crippen LogP contribution in [0.15, 0.2) is 6.33 Å². The van der Waals surface area contributed by atoms with Gasteiger partial charge in [-0.3, -0.25) is 4.68 Å². The normalized spacial score (nSPS) is 19.6. The minimum Gasteiger partial charge on any atom is -0.303 e. The third-order valence-electron chi connectivity index (χ3n) is 3.24. The molecule has 1 aromatic heterocycles. The van der Waals surface area contributed by atoms with Crippen molar-refractivity contribution in [2.45, 2.75) is 32.1 Å². The molecule has 0 spiro atoms. The van der Waals surface area contributed by atoms with Gasteiger partial charge in [0.05, 0.1) is 0 Å². The summed E-state index contributed by atoms with van der Waals surface area (Å²) in [6.45, 7) is 5.91. The van der Waals surface area contributed by atoms with Gasteiger partial charge in [-0.2, -0.15) is 5.10 Å². The summed E-state index contributed by atoms with van der Waals surface area (Å²) >= 11 is 0. The third-order valence-corrected chi connectivity index (χ3v) is 3.24. The number of rotatable bonds is 3. The fraction of sp³-hybridized carbons (Fsp3) is 0.818. The number of likely N-dealkylation sites (tertiary alicyclic amines) is 1. The van der Waals surface area contributed by atoms with E-state index in [1.165, 1.54) is 38.9 Å². The maximum Gasteiger partial charge on any atom is 0.138 e. The van der Waals surface area contributed by atoms with E-state index >= 15 is 0 Å². The summed E-state index contributed by atoms with van der Waals surface area (Å²) in [5.74, 6) is 1.77. The fourth-order valence-electron chi connectivity index (χ4n) is 2.41. The van der Waals surface area contributed by atoms with Gasteiger partial charge in [-0.15, -0.1) is 0 Å².